The molecule has 1 aliphatic rings. The molecule has 1 amide bonds. The molecule has 8 nitrogen and oxygen atoms in total. The summed E-state index contributed by atoms with van der Waals surface area (Å²) in [5.74, 6) is 0.289. The highest BCUT2D eigenvalue weighted by Gasteiger charge is 2.11. The Balaban J connectivity index is 1.37. The summed E-state index contributed by atoms with van der Waals surface area (Å²) in [5.41, 5.74) is 3.80. The first kappa shape index (κ1) is 17.0. The summed E-state index contributed by atoms with van der Waals surface area (Å²) >= 11 is 0. The zero-order chi connectivity index (χ0) is 18.5. The molecule has 1 aliphatic heterocycles. The predicted molar refractivity (Wildman–Crippen MR) is 99.5 cm³/mol. The predicted octanol–water partition coefficient (Wildman–Crippen LogP) is 2.18. The van der Waals surface area contributed by atoms with E-state index in [9.17, 15) is 4.79 Å². The first-order valence-corrected chi connectivity index (χ1v) is 8.60. The lowest BCUT2D eigenvalue weighted by Gasteiger charge is -2.11. The minimum Gasteiger partial charge on any atom is -0.377 e. The van der Waals surface area contributed by atoms with E-state index in [0.29, 0.717) is 19.0 Å². The van der Waals surface area contributed by atoms with Gasteiger partial charge in [-0.1, -0.05) is 6.08 Å². The Morgan fingerprint density at radius 2 is 2.11 bits per heavy atom. The smallest absolute Gasteiger partial charge is 0.247 e. The van der Waals surface area contributed by atoms with E-state index < -0.39 is 0 Å². The van der Waals surface area contributed by atoms with Gasteiger partial charge in [0.1, 0.15) is 12.4 Å². The average Bonchev–Trinajstić information content (AvgIpc) is 3.18. The quantitative estimate of drug-likeness (QED) is 0.747. The van der Waals surface area contributed by atoms with Crippen LogP contribution in [0.3, 0.4) is 0 Å². The summed E-state index contributed by atoms with van der Waals surface area (Å²) in [6, 6.07) is 3.58. The van der Waals surface area contributed by atoms with E-state index >= 15 is 0 Å². The first-order valence-electron chi connectivity index (χ1n) is 8.60. The van der Waals surface area contributed by atoms with Crippen molar-refractivity contribution in [1.82, 2.24) is 24.7 Å². The van der Waals surface area contributed by atoms with Gasteiger partial charge in [-0.3, -0.25) is 19.4 Å². The van der Waals surface area contributed by atoms with E-state index in [1.165, 1.54) is 5.57 Å². The van der Waals surface area contributed by atoms with Gasteiger partial charge < -0.3 is 10.1 Å². The molecule has 0 saturated carbocycles. The number of rotatable bonds is 5. The first-order chi connectivity index (χ1) is 13.3. The Morgan fingerprint density at radius 3 is 2.85 bits per heavy atom. The monoisotopic (exact) mass is 362 g/mol. The van der Waals surface area contributed by atoms with E-state index in [1.54, 1.807) is 41.7 Å². The van der Waals surface area contributed by atoms with Crippen LogP contribution in [0.25, 0.3) is 16.8 Å². The third-order valence-electron chi connectivity index (χ3n) is 4.16. The van der Waals surface area contributed by atoms with Crippen LogP contribution in [-0.4, -0.2) is 43.9 Å². The van der Waals surface area contributed by atoms with Crippen molar-refractivity contribution in [2.24, 2.45) is 0 Å². The molecule has 0 aromatic carbocycles. The molecule has 0 saturated heterocycles. The summed E-state index contributed by atoms with van der Waals surface area (Å²) in [6.45, 7) is 1.46. The lowest BCUT2D eigenvalue weighted by Crippen LogP contribution is -2.19. The average molecular weight is 362 g/mol. The highest BCUT2D eigenvalue weighted by molar-refractivity contribution is 5.89. The number of hydrogen-bond acceptors (Lipinski definition) is 6. The van der Waals surface area contributed by atoms with Crippen molar-refractivity contribution in [3.05, 3.63) is 61.0 Å². The highest BCUT2D eigenvalue weighted by Crippen LogP contribution is 2.20. The maximum Gasteiger partial charge on any atom is 0.247 e. The number of carbonyl (C=O) groups excluding carboxylic acids is 1. The van der Waals surface area contributed by atoms with Gasteiger partial charge in [0.25, 0.3) is 0 Å². The van der Waals surface area contributed by atoms with Crippen LogP contribution < -0.4 is 5.32 Å². The summed E-state index contributed by atoms with van der Waals surface area (Å²) in [6.07, 6.45) is 13.1. The van der Waals surface area contributed by atoms with Crippen molar-refractivity contribution in [2.45, 2.75) is 13.0 Å². The van der Waals surface area contributed by atoms with E-state index in [0.717, 1.165) is 23.2 Å². The van der Waals surface area contributed by atoms with Crippen LogP contribution in [0.4, 0.5) is 5.82 Å². The van der Waals surface area contributed by atoms with E-state index in [2.05, 4.69) is 25.4 Å². The zero-order valence-corrected chi connectivity index (χ0v) is 14.6. The Morgan fingerprint density at radius 1 is 1.15 bits per heavy atom. The van der Waals surface area contributed by atoms with E-state index in [4.69, 9.17) is 4.74 Å². The largest absolute Gasteiger partial charge is 0.377 e. The highest BCUT2D eigenvalue weighted by atomic mass is 16.5. The molecule has 0 spiro atoms. The molecule has 0 radical (unpaired) electrons. The van der Waals surface area contributed by atoms with Gasteiger partial charge in [-0.25, -0.2) is 4.98 Å². The maximum absolute atomic E-state index is 12.3. The van der Waals surface area contributed by atoms with Crippen LogP contribution in [0.1, 0.15) is 12.0 Å². The number of anilines is 1. The molecular weight excluding hydrogens is 344 g/mol. The van der Waals surface area contributed by atoms with Gasteiger partial charge in [0.05, 0.1) is 31.3 Å². The number of ether oxygens (including phenoxy) is 1. The summed E-state index contributed by atoms with van der Waals surface area (Å²) in [7, 11) is 0. The van der Waals surface area contributed by atoms with Gasteiger partial charge in [0.2, 0.25) is 5.91 Å². The molecule has 0 fully saturated rings. The summed E-state index contributed by atoms with van der Waals surface area (Å²) < 4.78 is 6.93. The van der Waals surface area contributed by atoms with Crippen LogP contribution in [-0.2, 0) is 16.1 Å². The fourth-order valence-electron chi connectivity index (χ4n) is 2.80. The zero-order valence-electron chi connectivity index (χ0n) is 14.6. The molecule has 1 N–H and O–H groups in total. The lowest BCUT2D eigenvalue weighted by atomic mass is 10.1. The van der Waals surface area contributed by atoms with Crippen LogP contribution in [0.2, 0.25) is 0 Å². The van der Waals surface area contributed by atoms with Crippen molar-refractivity contribution in [2.75, 3.05) is 18.5 Å². The lowest BCUT2D eigenvalue weighted by molar-refractivity contribution is -0.116. The van der Waals surface area contributed by atoms with Crippen molar-refractivity contribution in [1.29, 1.82) is 0 Å². The van der Waals surface area contributed by atoms with Crippen molar-refractivity contribution in [3.8, 4) is 11.3 Å². The second-order valence-corrected chi connectivity index (χ2v) is 6.05. The van der Waals surface area contributed by atoms with Crippen LogP contribution in [0.5, 0.6) is 0 Å². The minimum atomic E-state index is -0.189. The molecule has 0 unspecified atom stereocenters. The minimum absolute atomic E-state index is 0.122. The van der Waals surface area contributed by atoms with Gasteiger partial charge in [-0.15, -0.1) is 0 Å². The van der Waals surface area contributed by atoms with Gasteiger partial charge in [0.15, 0.2) is 0 Å². The topological polar surface area (TPSA) is 94.8 Å². The number of hydrogen-bond donors (Lipinski definition) is 1. The Hall–Kier alpha value is -3.39. The molecule has 3 aromatic rings. The van der Waals surface area contributed by atoms with Crippen LogP contribution in [0.15, 0.2) is 55.4 Å². The number of carbonyl (C=O) groups is 1. The van der Waals surface area contributed by atoms with Crippen molar-refractivity contribution >= 4 is 17.3 Å². The van der Waals surface area contributed by atoms with E-state index in [1.807, 2.05) is 18.3 Å². The Bertz CT molecular complexity index is 950. The number of nitrogens with one attached hydrogen (secondary N) is 1. The molecule has 4 heterocycles. The second-order valence-electron chi connectivity index (χ2n) is 6.05. The van der Waals surface area contributed by atoms with Gasteiger partial charge in [0, 0.05) is 35.9 Å². The molecule has 8 heteroatoms. The van der Waals surface area contributed by atoms with Crippen LogP contribution in [0, 0.1) is 0 Å². The van der Waals surface area contributed by atoms with Gasteiger partial charge in [-0.2, -0.15) is 5.10 Å². The summed E-state index contributed by atoms with van der Waals surface area (Å²) in [4.78, 5) is 24.8. The summed E-state index contributed by atoms with van der Waals surface area (Å²) in [5, 5.41) is 7.04. The Kier molecular flexibility index (Phi) is 4.97. The third-order valence-corrected chi connectivity index (χ3v) is 4.16. The molecular formula is C19H18N6O2. The number of aromatic nitrogens is 5. The molecule has 136 valence electrons. The number of amides is 1. The molecule has 0 bridgehead atoms. The van der Waals surface area contributed by atoms with Crippen LogP contribution >= 0.6 is 0 Å². The Labute approximate surface area is 155 Å². The molecule has 0 atom stereocenters. The maximum atomic E-state index is 12.3. The molecule has 4 rings (SSSR count). The fraction of sp³-hybridized carbons (Fsp3) is 0.211. The molecule has 3 aromatic heterocycles. The standard InChI is InChI=1S/C19H18N6O2/c26-19(13-25-12-16(10-23-25)14-3-7-27-8-4-14)24-18-2-1-15(9-22-18)17-11-20-5-6-21-17/h1-3,5-6,9-12H,4,7-8,13H2,(H,22,24,26). The number of nitrogens with zero attached hydrogens (tertiary/aromatic N) is 5. The van der Waals surface area contributed by atoms with E-state index in [-0.39, 0.29) is 12.5 Å². The normalized spacial score (nSPS) is 13.9. The fourth-order valence-corrected chi connectivity index (χ4v) is 2.80. The third kappa shape index (κ3) is 4.24. The van der Waals surface area contributed by atoms with Crippen molar-refractivity contribution < 1.29 is 9.53 Å². The number of pyridine rings is 1. The molecule has 0 aliphatic carbocycles. The molecule has 27 heavy (non-hydrogen) atoms. The second kappa shape index (κ2) is 7.88. The van der Waals surface area contributed by atoms with Gasteiger partial charge in [-0.05, 0) is 24.1 Å². The SMILES string of the molecule is O=C(Cn1cc(C2=CCOCC2)cn1)Nc1ccc(-c2cnccn2)cn1. The van der Waals surface area contributed by atoms with Crippen molar-refractivity contribution in [3.63, 3.8) is 0 Å². The van der Waals surface area contributed by atoms with Gasteiger partial charge >= 0.3 is 0 Å².